The second-order valence-corrected chi connectivity index (χ2v) is 2.63. The van der Waals surface area contributed by atoms with Gasteiger partial charge >= 0.3 is 0 Å². The van der Waals surface area contributed by atoms with Gasteiger partial charge in [-0.2, -0.15) is 0 Å². The van der Waals surface area contributed by atoms with Crippen molar-refractivity contribution in [2.75, 3.05) is 6.61 Å². The van der Waals surface area contributed by atoms with Crippen molar-refractivity contribution in [1.29, 1.82) is 0 Å². The van der Waals surface area contributed by atoms with E-state index < -0.39 is 0 Å². The number of rotatable bonds is 2. The zero-order valence-electron chi connectivity index (χ0n) is 8.17. The van der Waals surface area contributed by atoms with E-state index in [9.17, 15) is 4.79 Å². The SMILES string of the molecule is CC.CCCC1OCC(=O)C1N. The highest BCUT2D eigenvalue weighted by Crippen LogP contribution is 2.12. The van der Waals surface area contributed by atoms with Crippen molar-refractivity contribution in [2.24, 2.45) is 5.73 Å². The molecule has 1 saturated heterocycles. The van der Waals surface area contributed by atoms with Crippen molar-refractivity contribution in [3.63, 3.8) is 0 Å². The highest BCUT2D eigenvalue weighted by atomic mass is 16.5. The summed E-state index contributed by atoms with van der Waals surface area (Å²) in [5.41, 5.74) is 5.53. The number of hydrogen-bond acceptors (Lipinski definition) is 3. The van der Waals surface area contributed by atoms with Gasteiger partial charge in [-0.1, -0.05) is 27.2 Å². The zero-order valence-corrected chi connectivity index (χ0v) is 8.17. The van der Waals surface area contributed by atoms with Gasteiger partial charge in [-0.3, -0.25) is 4.79 Å². The van der Waals surface area contributed by atoms with E-state index in [1.54, 1.807) is 0 Å². The molecule has 72 valence electrons. The molecule has 2 atom stereocenters. The van der Waals surface area contributed by atoms with Crippen LogP contribution in [0.25, 0.3) is 0 Å². The Balaban J connectivity index is 0.000000561. The minimum absolute atomic E-state index is 0.0162. The lowest BCUT2D eigenvalue weighted by Gasteiger charge is -2.10. The quantitative estimate of drug-likeness (QED) is 0.680. The molecule has 0 amide bonds. The van der Waals surface area contributed by atoms with Gasteiger partial charge in [0.25, 0.3) is 0 Å². The van der Waals surface area contributed by atoms with Crippen LogP contribution in [0.5, 0.6) is 0 Å². The summed E-state index contributed by atoms with van der Waals surface area (Å²) in [6.07, 6.45) is 1.90. The number of Topliss-reactive ketones (excluding diaryl/α,β-unsaturated/α-hetero) is 1. The normalized spacial score (nSPS) is 28.2. The van der Waals surface area contributed by atoms with E-state index in [4.69, 9.17) is 10.5 Å². The van der Waals surface area contributed by atoms with E-state index >= 15 is 0 Å². The van der Waals surface area contributed by atoms with Crippen molar-refractivity contribution >= 4 is 5.78 Å². The highest BCUT2D eigenvalue weighted by Gasteiger charge is 2.31. The Hall–Kier alpha value is -0.410. The summed E-state index contributed by atoms with van der Waals surface area (Å²) in [5, 5.41) is 0. The van der Waals surface area contributed by atoms with Crippen molar-refractivity contribution in [2.45, 2.75) is 45.8 Å². The average Bonchev–Trinajstić information content (AvgIpc) is 2.41. The number of carbonyl (C=O) groups is 1. The van der Waals surface area contributed by atoms with E-state index in [1.807, 2.05) is 13.8 Å². The third-order valence-corrected chi connectivity index (χ3v) is 1.79. The summed E-state index contributed by atoms with van der Waals surface area (Å²) in [6, 6.07) is -0.361. The zero-order chi connectivity index (χ0) is 9.56. The summed E-state index contributed by atoms with van der Waals surface area (Å²) in [7, 11) is 0. The lowest BCUT2D eigenvalue weighted by atomic mass is 10.1. The van der Waals surface area contributed by atoms with Gasteiger partial charge in [0.05, 0.1) is 12.1 Å². The van der Waals surface area contributed by atoms with Gasteiger partial charge in [-0.05, 0) is 6.42 Å². The molecule has 0 aliphatic carbocycles. The number of hydrogen-bond donors (Lipinski definition) is 1. The Bertz CT molecular complexity index is 136. The van der Waals surface area contributed by atoms with Gasteiger partial charge in [0.1, 0.15) is 6.61 Å². The smallest absolute Gasteiger partial charge is 0.177 e. The van der Waals surface area contributed by atoms with Crippen LogP contribution in [0.15, 0.2) is 0 Å². The first-order chi connectivity index (χ1) is 5.75. The maximum atomic E-state index is 10.8. The summed E-state index contributed by atoms with van der Waals surface area (Å²) in [4.78, 5) is 10.8. The van der Waals surface area contributed by atoms with Crippen LogP contribution in [0, 0.1) is 0 Å². The molecule has 0 aromatic heterocycles. The van der Waals surface area contributed by atoms with Crippen LogP contribution >= 0.6 is 0 Å². The molecule has 12 heavy (non-hydrogen) atoms. The van der Waals surface area contributed by atoms with Gasteiger partial charge in [-0.15, -0.1) is 0 Å². The van der Waals surface area contributed by atoms with E-state index in [1.165, 1.54) is 0 Å². The molecule has 0 saturated carbocycles. The molecule has 1 aliphatic rings. The van der Waals surface area contributed by atoms with E-state index in [-0.39, 0.29) is 24.5 Å². The molecule has 1 fully saturated rings. The number of carbonyl (C=O) groups excluding carboxylic acids is 1. The first kappa shape index (κ1) is 11.6. The first-order valence-corrected chi connectivity index (χ1v) is 4.65. The second-order valence-electron chi connectivity index (χ2n) is 2.63. The monoisotopic (exact) mass is 173 g/mol. The molecule has 1 aliphatic heterocycles. The fraction of sp³-hybridized carbons (Fsp3) is 0.889. The molecule has 0 radical (unpaired) electrons. The average molecular weight is 173 g/mol. The molecule has 1 heterocycles. The molecule has 1 rings (SSSR count). The molecular formula is C9H19NO2. The fourth-order valence-electron chi connectivity index (χ4n) is 1.14. The molecular weight excluding hydrogens is 154 g/mol. The second kappa shape index (κ2) is 6.14. The summed E-state index contributed by atoms with van der Waals surface area (Å²) >= 11 is 0. The topological polar surface area (TPSA) is 52.3 Å². The molecule has 0 spiro atoms. The van der Waals surface area contributed by atoms with Crippen LogP contribution in [-0.2, 0) is 9.53 Å². The van der Waals surface area contributed by atoms with E-state index in [0.717, 1.165) is 12.8 Å². The Kier molecular flexibility index (Phi) is 5.93. The van der Waals surface area contributed by atoms with Crippen molar-refractivity contribution in [3.8, 4) is 0 Å². The minimum Gasteiger partial charge on any atom is -0.368 e. The fourth-order valence-corrected chi connectivity index (χ4v) is 1.14. The highest BCUT2D eigenvalue weighted by molar-refractivity contribution is 5.87. The number of ether oxygens (including phenoxy) is 1. The predicted molar refractivity (Wildman–Crippen MR) is 49.0 cm³/mol. The standard InChI is InChI=1S/C7H13NO2.C2H6/c1-2-3-6-7(8)5(9)4-10-6;1-2/h6-7H,2-4,8H2,1H3;1-2H3. The number of nitrogens with two attached hydrogens (primary N) is 1. The van der Waals surface area contributed by atoms with Crippen LogP contribution in [0.3, 0.4) is 0 Å². The van der Waals surface area contributed by atoms with Gasteiger partial charge in [0.2, 0.25) is 0 Å². The molecule has 2 unspecified atom stereocenters. The molecule has 3 heteroatoms. The molecule has 0 aromatic rings. The molecule has 2 N–H and O–H groups in total. The van der Waals surface area contributed by atoms with Crippen LogP contribution in [0.1, 0.15) is 33.6 Å². The van der Waals surface area contributed by atoms with Crippen molar-refractivity contribution in [1.82, 2.24) is 0 Å². The summed E-state index contributed by atoms with van der Waals surface area (Å²) < 4.78 is 5.14. The van der Waals surface area contributed by atoms with Gasteiger partial charge in [0, 0.05) is 0 Å². The van der Waals surface area contributed by atoms with Gasteiger partial charge in [0.15, 0.2) is 5.78 Å². The Morgan fingerprint density at radius 3 is 2.50 bits per heavy atom. The first-order valence-electron chi connectivity index (χ1n) is 4.65. The maximum Gasteiger partial charge on any atom is 0.177 e. The van der Waals surface area contributed by atoms with Gasteiger partial charge in [-0.25, -0.2) is 0 Å². The molecule has 0 aromatic carbocycles. The molecule has 3 nitrogen and oxygen atoms in total. The largest absolute Gasteiger partial charge is 0.368 e. The van der Waals surface area contributed by atoms with Crippen LogP contribution in [-0.4, -0.2) is 24.5 Å². The Labute approximate surface area is 74.3 Å². The third-order valence-electron chi connectivity index (χ3n) is 1.79. The summed E-state index contributed by atoms with van der Waals surface area (Å²) in [6.45, 7) is 6.27. The lowest BCUT2D eigenvalue weighted by Crippen LogP contribution is -2.35. The Morgan fingerprint density at radius 1 is 1.58 bits per heavy atom. The predicted octanol–water partition coefficient (Wildman–Crippen LogP) is 1.11. The molecule has 0 bridgehead atoms. The van der Waals surface area contributed by atoms with Crippen molar-refractivity contribution < 1.29 is 9.53 Å². The number of ketones is 1. The van der Waals surface area contributed by atoms with Crippen molar-refractivity contribution in [3.05, 3.63) is 0 Å². The summed E-state index contributed by atoms with van der Waals surface area (Å²) in [5.74, 6) is 0.0402. The van der Waals surface area contributed by atoms with E-state index in [0.29, 0.717) is 0 Å². The van der Waals surface area contributed by atoms with Crippen LogP contribution in [0.2, 0.25) is 0 Å². The third kappa shape index (κ3) is 2.91. The Morgan fingerprint density at radius 2 is 2.17 bits per heavy atom. The van der Waals surface area contributed by atoms with Crippen LogP contribution < -0.4 is 5.73 Å². The van der Waals surface area contributed by atoms with Gasteiger partial charge < -0.3 is 10.5 Å². The lowest BCUT2D eigenvalue weighted by molar-refractivity contribution is -0.118. The van der Waals surface area contributed by atoms with E-state index in [2.05, 4.69) is 6.92 Å². The minimum atomic E-state index is -0.361. The maximum absolute atomic E-state index is 10.8. The van der Waals surface area contributed by atoms with Crippen LogP contribution in [0.4, 0.5) is 0 Å².